The van der Waals surface area contributed by atoms with Crippen LogP contribution in [0.4, 0.5) is 0 Å². The predicted octanol–water partition coefficient (Wildman–Crippen LogP) is 2.93. The second-order valence-corrected chi connectivity index (χ2v) is 8.33. The summed E-state index contributed by atoms with van der Waals surface area (Å²) >= 11 is 0. The minimum atomic E-state index is 0. The smallest absolute Gasteiger partial charge is 0.179 e. The first-order valence-electron chi connectivity index (χ1n) is 10.3. The lowest BCUT2D eigenvalue weighted by Gasteiger charge is -2.27. The van der Waals surface area contributed by atoms with E-state index >= 15 is 0 Å². The van der Waals surface area contributed by atoms with Crippen LogP contribution in [-0.2, 0) is 15.0 Å². The average Bonchev–Trinajstić information content (AvgIpc) is 3.09. The van der Waals surface area contributed by atoms with Gasteiger partial charge in [-0.1, -0.05) is 6.42 Å². The van der Waals surface area contributed by atoms with Gasteiger partial charge in [0.15, 0.2) is 11.3 Å². The van der Waals surface area contributed by atoms with Gasteiger partial charge in [-0.15, -0.1) is 10.2 Å². The second-order valence-electron chi connectivity index (χ2n) is 8.33. The van der Waals surface area contributed by atoms with E-state index in [1.807, 2.05) is 19.2 Å². The molecule has 0 amide bonds. The summed E-state index contributed by atoms with van der Waals surface area (Å²) in [6.45, 7) is 2.00. The fraction of sp³-hybridized carbons (Fsp3) is 0.571. The van der Waals surface area contributed by atoms with Crippen LogP contribution in [0.2, 0.25) is 0 Å². The number of rotatable bonds is 3. The van der Waals surface area contributed by atoms with Gasteiger partial charge in [0.25, 0.3) is 0 Å². The van der Waals surface area contributed by atoms with Crippen LogP contribution in [0.25, 0.3) is 16.8 Å². The number of aromatic nitrogens is 5. The molecule has 3 aromatic heterocycles. The average molecular weight is 401 g/mol. The first kappa shape index (κ1) is 19.7. The van der Waals surface area contributed by atoms with E-state index in [0.717, 1.165) is 47.7 Å². The Morgan fingerprint density at radius 1 is 1.34 bits per heavy atom. The molecule has 3 aliphatic carbocycles. The highest BCUT2D eigenvalue weighted by Gasteiger charge is 2.53. The van der Waals surface area contributed by atoms with Crippen molar-refractivity contribution in [2.45, 2.75) is 56.4 Å². The summed E-state index contributed by atoms with van der Waals surface area (Å²) in [5.74, 6) is 2.32. The number of hydrogen-bond acceptors (Lipinski definition) is 6. The van der Waals surface area contributed by atoms with Gasteiger partial charge in [-0.3, -0.25) is 4.40 Å². The van der Waals surface area contributed by atoms with Crippen LogP contribution >= 0.6 is 0 Å². The molecule has 0 saturated heterocycles. The number of carbonyl (C=O) groups is 2. The van der Waals surface area contributed by atoms with E-state index in [-0.39, 0.29) is 8.27 Å². The Labute approximate surface area is 172 Å². The van der Waals surface area contributed by atoms with Crippen molar-refractivity contribution < 1.29 is 12.4 Å². The SMILES string of the molecule is C=O.CNC1CC2CCCC2(c2nnc3cnc4[nH]ccc4n23)C1.O=CC1CC1.[HH].[HH]. The van der Waals surface area contributed by atoms with Crippen LogP contribution in [0.15, 0.2) is 18.5 Å². The van der Waals surface area contributed by atoms with Gasteiger partial charge in [0, 0.05) is 26.4 Å². The van der Waals surface area contributed by atoms with Crippen LogP contribution in [0.1, 0.15) is 53.6 Å². The van der Waals surface area contributed by atoms with Crippen LogP contribution in [0, 0.1) is 11.8 Å². The van der Waals surface area contributed by atoms with Crippen molar-refractivity contribution in [1.29, 1.82) is 0 Å². The molecule has 3 saturated carbocycles. The van der Waals surface area contributed by atoms with Gasteiger partial charge in [-0.25, -0.2) is 4.98 Å². The molecule has 0 spiro atoms. The largest absolute Gasteiger partial charge is 0.345 e. The number of hydrogen-bond donors (Lipinski definition) is 2. The summed E-state index contributed by atoms with van der Waals surface area (Å²) in [5.41, 5.74) is 3.03. The van der Waals surface area contributed by atoms with Gasteiger partial charge >= 0.3 is 0 Å². The highest BCUT2D eigenvalue weighted by atomic mass is 16.1. The van der Waals surface area contributed by atoms with E-state index in [1.165, 1.54) is 32.1 Å². The van der Waals surface area contributed by atoms with E-state index in [1.54, 1.807) is 0 Å². The van der Waals surface area contributed by atoms with E-state index in [4.69, 9.17) is 4.79 Å². The lowest BCUT2D eigenvalue weighted by Crippen LogP contribution is -2.30. The number of nitrogens with zero attached hydrogens (tertiary/aromatic N) is 4. The number of nitrogens with one attached hydrogen (secondary N) is 2. The maximum absolute atomic E-state index is 9.57. The molecule has 8 heteroatoms. The van der Waals surface area contributed by atoms with E-state index < -0.39 is 0 Å². The normalized spacial score (nSPS) is 27.8. The molecule has 8 nitrogen and oxygen atoms in total. The zero-order valence-electron chi connectivity index (χ0n) is 16.8. The summed E-state index contributed by atoms with van der Waals surface area (Å²) in [7, 11) is 2.08. The van der Waals surface area contributed by atoms with Crippen molar-refractivity contribution in [2.24, 2.45) is 11.8 Å². The van der Waals surface area contributed by atoms with E-state index in [9.17, 15) is 4.79 Å². The summed E-state index contributed by atoms with van der Waals surface area (Å²) in [6, 6.07) is 2.68. The molecule has 3 atom stereocenters. The van der Waals surface area contributed by atoms with Crippen LogP contribution in [0.3, 0.4) is 0 Å². The van der Waals surface area contributed by atoms with Crippen molar-refractivity contribution >= 4 is 29.9 Å². The Bertz CT molecular complexity index is 1000. The maximum Gasteiger partial charge on any atom is 0.179 e. The quantitative estimate of drug-likeness (QED) is 0.655. The molecular weight excluding hydrogens is 368 g/mol. The van der Waals surface area contributed by atoms with Gasteiger partial charge in [0.05, 0.1) is 11.7 Å². The lowest BCUT2D eigenvalue weighted by molar-refractivity contribution is -0.108. The molecule has 3 aliphatic rings. The molecular formula is C21H32N6O2. The van der Waals surface area contributed by atoms with Crippen molar-refractivity contribution in [2.75, 3.05) is 7.05 Å². The molecule has 2 N–H and O–H groups in total. The second kappa shape index (κ2) is 8.02. The molecule has 158 valence electrons. The summed E-state index contributed by atoms with van der Waals surface area (Å²) < 4.78 is 2.23. The van der Waals surface area contributed by atoms with Crippen molar-refractivity contribution in [3.63, 3.8) is 0 Å². The van der Waals surface area contributed by atoms with Crippen LogP contribution in [-0.4, -0.2) is 50.7 Å². The topological polar surface area (TPSA) is 105 Å². The van der Waals surface area contributed by atoms with E-state index in [2.05, 4.69) is 43.0 Å². The summed E-state index contributed by atoms with van der Waals surface area (Å²) in [6.07, 6.45) is 13.3. The molecule has 3 fully saturated rings. The number of carbonyl (C=O) groups excluding carboxylic acids is 2. The maximum atomic E-state index is 9.57. The van der Waals surface area contributed by atoms with Crippen molar-refractivity contribution in [3.05, 3.63) is 24.3 Å². The third kappa shape index (κ3) is 3.35. The predicted molar refractivity (Wildman–Crippen MR) is 114 cm³/mol. The molecule has 0 aromatic carbocycles. The molecule has 0 bridgehead atoms. The summed E-state index contributed by atoms with van der Waals surface area (Å²) in [5, 5.41) is 12.5. The van der Waals surface area contributed by atoms with Gasteiger partial charge in [-0.2, -0.15) is 0 Å². The Balaban J connectivity index is 0.000000332. The Morgan fingerprint density at radius 2 is 2.17 bits per heavy atom. The third-order valence-corrected chi connectivity index (χ3v) is 6.75. The van der Waals surface area contributed by atoms with E-state index in [0.29, 0.717) is 12.0 Å². The highest BCUT2D eigenvalue weighted by Crippen LogP contribution is 2.55. The molecule has 3 aromatic rings. The summed E-state index contributed by atoms with van der Waals surface area (Å²) in [4.78, 5) is 25.2. The number of aromatic amines is 1. The molecule has 3 unspecified atom stereocenters. The number of H-pyrrole nitrogens is 1. The number of aldehydes is 1. The lowest BCUT2D eigenvalue weighted by atomic mass is 9.79. The molecule has 0 aliphatic heterocycles. The van der Waals surface area contributed by atoms with Gasteiger partial charge in [0.1, 0.15) is 18.9 Å². The first-order valence-corrected chi connectivity index (χ1v) is 10.3. The van der Waals surface area contributed by atoms with Gasteiger partial charge in [0.2, 0.25) is 0 Å². The fourth-order valence-electron chi connectivity index (χ4n) is 5.16. The van der Waals surface area contributed by atoms with Gasteiger partial charge < -0.3 is 19.9 Å². The van der Waals surface area contributed by atoms with Crippen LogP contribution < -0.4 is 5.32 Å². The van der Waals surface area contributed by atoms with Gasteiger partial charge in [-0.05, 0) is 57.6 Å². The minimum absolute atomic E-state index is 0. The Kier molecular flexibility index (Phi) is 5.45. The Hall–Kier alpha value is -2.61. The zero-order valence-corrected chi connectivity index (χ0v) is 16.8. The molecule has 6 rings (SSSR count). The molecule has 29 heavy (non-hydrogen) atoms. The van der Waals surface area contributed by atoms with Crippen molar-refractivity contribution in [1.82, 2.24) is 29.9 Å². The zero-order chi connectivity index (χ0) is 20.4. The Morgan fingerprint density at radius 3 is 2.86 bits per heavy atom. The molecule has 3 heterocycles. The monoisotopic (exact) mass is 400 g/mol. The highest BCUT2D eigenvalue weighted by molar-refractivity contribution is 5.74. The minimum Gasteiger partial charge on any atom is -0.345 e. The third-order valence-electron chi connectivity index (χ3n) is 6.75. The standard InChI is InChI=1S/C16H20N6.C4H6O.CH2O.2H2/c1-17-11-7-10-3-2-5-16(10,8-11)15-21-20-13-9-19-14-12(22(13)15)4-6-18-14;5-3-4-1-2-4;1-2;;/h4,6,9-11,17-18H,2-3,5,7-8H2,1H3;3-4H,1-2H2;1H2;2*1H. The fourth-order valence-corrected chi connectivity index (χ4v) is 5.16. The number of fused-ring (bicyclic) bond motifs is 4. The molecule has 0 radical (unpaired) electrons. The first-order chi connectivity index (χ1) is 14.2. The van der Waals surface area contributed by atoms with Crippen molar-refractivity contribution in [3.8, 4) is 0 Å². The van der Waals surface area contributed by atoms with Crippen LogP contribution in [0.5, 0.6) is 0 Å².